The molecule has 0 radical (unpaired) electrons. The van der Waals surface area contributed by atoms with Gasteiger partial charge in [0.2, 0.25) is 11.5 Å². The molecule has 1 heterocycles. The molecule has 1 aliphatic heterocycles. The van der Waals surface area contributed by atoms with Crippen LogP contribution in [0.5, 0.6) is 17.2 Å². The Kier molecular flexibility index (Phi) is 7.91. The van der Waals surface area contributed by atoms with Crippen molar-refractivity contribution >= 4 is 12.0 Å². The Balaban J connectivity index is 1.54. The van der Waals surface area contributed by atoms with E-state index < -0.39 is 0 Å². The molecule has 1 aliphatic carbocycles. The zero-order chi connectivity index (χ0) is 24.8. The molecule has 0 saturated carbocycles. The number of hydrogen-bond acceptors (Lipinski definition) is 6. The van der Waals surface area contributed by atoms with Gasteiger partial charge in [0.05, 0.1) is 33.4 Å². The van der Waals surface area contributed by atoms with Crippen molar-refractivity contribution in [2.24, 2.45) is 22.7 Å². The van der Waals surface area contributed by atoms with E-state index in [1.807, 2.05) is 49.5 Å². The molecule has 0 bridgehead atoms. The van der Waals surface area contributed by atoms with Gasteiger partial charge in [0.15, 0.2) is 17.3 Å². The van der Waals surface area contributed by atoms with E-state index in [1.165, 1.54) is 5.56 Å². The highest BCUT2D eigenvalue weighted by atomic mass is 16.5. The molecular weight excluding hydrogens is 442 g/mol. The Bertz CT molecular complexity index is 1110. The van der Waals surface area contributed by atoms with Crippen LogP contribution in [-0.2, 0) is 22.4 Å². The van der Waals surface area contributed by atoms with E-state index in [4.69, 9.17) is 18.9 Å². The molecule has 6 nitrogen and oxygen atoms in total. The van der Waals surface area contributed by atoms with Crippen LogP contribution in [0.1, 0.15) is 25.0 Å². The van der Waals surface area contributed by atoms with Gasteiger partial charge in [-0.3, -0.25) is 9.79 Å². The molecular formula is C29H33NO5. The number of benzene rings is 2. The lowest BCUT2D eigenvalue weighted by Gasteiger charge is -2.35. The molecule has 0 amide bonds. The minimum atomic E-state index is -0.305. The summed E-state index contributed by atoms with van der Waals surface area (Å²) >= 11 is 0. The number of rotatable bonds is 10. The van der Waals surface area contributed by atoms with Gasteiger partial charge in [-0.25, -0.2) is 0 Å². The van der Waals surface area contributed by atoms with Crippen LogP contribution in [0.15, 0.2) is 71.1 Å². The maximum absolute atomic E-state index is 13.0. The Morgan fingerprint density at radius 1 is 0.971 bits per heavy atom. The first-order chi connectivity index (χ1) is 17.0. The number of methoxy groups -OCH3 is 2. The Morgan fingerprint density at radius 2 is 1.69 bits per heavy atom. The van der Waals surface area contributed by atoms with E-state index in [-0.39, 0.29) is 23.5 Å². The van der Waals surface area contributed by atoms with Gasteiger partial charge in [-0.15, -0.1) is 0 Å². The third-order valence-corrected chi connectivity index (χ3v) is 6.54. The van der Waals surface area contributed by atoms with Crippen molar-refractivity contribution in [2.45, 2.75) is 26.7 Å². The van der Waals surface area contributed by atoms with Gasteiger partial charge in [-0.2, -0.15) is 0 Å². The number of ether oxygens (including phenoxy) is 4. The number of nitrogens with zero attached hydrogens (tertiary/aromatic N) is 1. The first-order valence-corrected chi connectivity index (χ1v) is 12.1. The molecule has 2 aromatic rings. The van der Waals surface area contributed by atoms with Gasteiger partial charge < -0.3 is 18.9 Å². The van der Waals surface area contributed by atoms with Crippen molar-refractivity contribution in [2.75, 3.05) is 27.4 Å². The van der Waals surface area contributed by atoms with Crippen molar-refractivity contribution in [3.63, 3.8) is 0 Å². The number of hydrogen-bond donors (Lipinski definition) is 0. The number of carbonyl (C=O) groups is 1. The fourth-order valence-corrected chi connectivity index (χ4v) is 4.89. The first-order valence-electron chi connectivity index (χ1n) is 12.1. The van der Waals surface area contributed by atoms with E-state index >= 15 is 0 Å². The molecule has 0 saturated heterocycles. The van der Waals surface area contributed by atoms with Crippen LogP contribution in [0.2, 0.25) is 0 Å². The van der Waals surface area contributed by atoms with Crippen LogP contribution >= 0.6 is 0 Å². The summed E-state index contributed by atoms with van der Waals surface area (Å²) in [6.07, 6.45) is 7.00. The van der Waals surface area contributed by atoms with E-state index in [0.29, 0.717) is 42.6 Å². The van der Waals surface area contributed by atoms with Crippen molar-refractivity contribution < 1.29 is 23.7 Å². The summed E-state index contributed by atoms with van der Waals surface area (Å²) in [5.41, 5.74) is 3.32. The summed E-state index contributed by atoms with van der Waals surface area (Å²) in [6, 6.07) is 14.2. The predicted molar refractivity (Wildman–Crippen MR) is 136 cm³/mol. The highest BCUT2D eigenvalue weighted by Gasteiger charge is 2.40. The van der Waals surface area contributed by atoms with E-state index in [9.17, 15) is 4.79 Å². The predicted octanol–water partition coefficient (Wildman–Crippen LogP) is 5.21. The van der Waals surface area contributed by atoms with Gasteiger partial charge in [-0.05, 0) is 54.2 Å². The fraction of sp³-hybridized carbons (Fsp3) is 0.379. The molecule has 0 N–H and O–H groups in total. The molecule has 2 aliphatic rings. The zero-order valence-corrected chi connectivity index (χ0v) is 20.8. The second kappa shape index (κ2) is 11.3. The summed E-state index contributed by atoms with van der Waals surface area (Å²) in [4.78, 5) is 17.4. The molecule has 2 aromatic carbocycles. The number of allylic oxidation sites excluding steroid dienone is 3. The Morgan fingerprint density at radius 3 is 2.34 bits per heavy atom. The van der Waals surface area contributed by atoms with Gasteiger partial charge in [0, 0.05) is 24.8 Å². The number of carbonyl (C=O) groups excluding carboxylic acids is 1. The number of fused-ring (bicyclic) bond motifs is 1. The van der Waals surface area contributed by atoms with Crippen LogP contribution < -0.4 is 14.2 Å². The molecule has 6 heteroatoms. The summed E-state index contributed by atoms with van der Waals surface area (Å²) in [6.45, 7) is 5.00. The van der Waals surface area contributed by atoms with Crippen molar-refractivity contribution in [3.8, 4) is 17.2 Å². The largest absolute Gasteiger partial charge is 0.493 e. The average Bonchev–Trinajstić information content (AvgIpc) is 2.88. The summed E-state index contributed by atoms with van der Waals surface area (Å²) < 4.78 is 23.0. The first kappa shape index (κ1) is 24.6. The number of aliphatic imine (C=N–C) groups is 1. The lowest BCUT2D eigenvalue weighted by Crippen LogP contribution is -2.38. The molecule has 184 valence electrons. The molecule has 0 aromatic heterocycles. The molecule has 0 spiro atoms. The summed E-state index contributed by atoms with van der Waals surface area (Å²) in [7, 11) is 3.26. The summed E-state index contributed by atoms with van der Waals surface area (Å²) in [5, 5.41) is 0. The highest BCUT2D eigenvalue weighted by Crippen LogP contribution is 2.42. The van der Waals surface area contributed by atoms with Gasteiger partial charge in [0.1, 0.15) is 0 Å². The van der Waals surface area contributed by atoms with E-state index in [0.717, 1.165) is 17.6 Å². The maximum Gasteiger partial charge on any atom is 0.206 e. The number of Topliss-reactive ketones (excluding diaryl/α,β-unsaturated/α-hetero) is 1. The lowest BCUT2D eigenvalue weighted by molar-refractivity contribution is -0.122. The minimum Gasteiger partial charge on any atom is -0.493 e. The van der Waals surface area contributed by atoms with E-state index in [2.05, 4.69) is 24.0 Å². The maximum atomic E-state index is 13.0. The topological polar surface area (TPSA) is 66.3 Å². The minimum absolute atomic E-state index is 0.00150. The number of ketones is 1. The van der Waals surface area contributed by atoms with Crippen LogP contribution in [0.3, 0.4) is 0 Å². The van der Waals surface area contributed by atoms with E-state index in [1.54, 1.807) is 20.4 Å². The third kappa shape index (κ3) is 5.42. The average molecular weight is 476 g/mol. The second-order valence-corrected chi connectivity index (χ2v) is 8.83. The summed E-state index contributed by atoms with van der Waals surface area (Å²) in [5.74, 6) is 2.18. The van der Waals surface area contributed by atoms with Crippen LogP contribution in [0, 0.1) is 17.8 Å². The highest BCUT2D eigenvalue weighted by molar-refractivity contribution is 6.06. The van der Waals surface area contributed by atoms with Crippen LogP contribution in [-0.4, -0.2) is 39.4 Å². The third-order valence-electron chi connectivity index (χ3n) is 6.54. The van der Waals surface area contributed by atoms with Gasteiger partial charge in [-0.1, -0.05) is 37.3 Å². The van der Waals surface area contributed by atoms with Crippen molar-refractivity contribution in [1.82, 2.24) is 0 Å². The Hall–Kier alpha value is -3.54. The van der Waals surface area contributed by atoms with Gasteiger partial charge >= 0.3 is 0 Å². The standard InChI is InChI=1S/C29H33NO5/c1-5-34-24-13-19(2)27-22(17-30-18-23(27)28(24)31)14-21-15-25(32-3)29(26(16-21)33-4)35-12-11-20-9-7-6-8-10-20/h6-10,13,15-19,23,27H,5,11-12,14H2,1-4H3. The molecule has 3 unspecified atom stereocenters. The molecule has 0 fully saturated rings. The lowest BCUT2D eigenvalue weighted by atomic mass is 9.70. The molecule has 3 atom stereocenters. The zero-order valence-electron chi connectivity index (χ0n) is 20.8. The van der Waals surface area contributed by atoms with Crippen LogP contribution in [0.4, 0.5) is 0 Å². The van der Waals surface area contributed by atoms with Crippen molar-refractivity contribution in [3.05, 3.63) is 77.2 Å². The quantitative estimate of drug-likeness (QED) is 0.472. The normalized spacial score (nSPS) is 21.0. The Labute approximate surface area is 207 Å². The fourth-order valence-electron chi connectivity index (χ4n) is 4.89. The monoisotopic (exact) mass is 475 g/mol. The molecule has 4 rings (SSSR count). The van der Waals surface area contributed by atoms with Gasteiger partial charge in [0.25, 0.3) is 0 Å². The second-order valence-electron chi connectivity index (χ2n) is 8.83. The molecule has 35 heavy (non-hydrogen) atoms. The van der Waals surface area contributed by atoms with Crippen molar-refractivity contribution in [1.29, 1.82) is 0 Å². The van der Waals surface area contributed by atoms with Crippen LogP contribution in [0.25, 0.3) is 0 Å². The SMILES string of the molecule is CCOC1=CC(C)C2C(Cc3cc(OC)c(OCCc4ccccc4)c(OC)c3)=CN=CC2C1=O. The smallest absolute Gasteiger partial charge is 0.206 e.